The van der Waals surface area contributed by atoms with Gasteiger partial charge in [0.1, 0.15) is 19.4 Å². The molecule has 4 heterocycles. The van der Waals surface area contributed by atoms with Crippen LogP contribution in [0.25, 0.3) is 5.65 Å². The smallest absolute Gasteiger partial charge is 0.259 e. The van der Waals surface area contributed by atoms with E-state index in [-0.39, 0.29) is 5.91 Å². The van der Waals surface area contributed by atoms with E-state index in [9.17, 15) is 4.79 Å². The molecule has 0 aliphatic carbocycles. The van der Waals surface area contributed by atoms with Crippen molar-refractivity contribution in [2.45, 2.75) is 25.8 Å². The van der Waals surface area contributed by atoms with E-state index in [0.29, 0.717) is 22.9 Å². The van der Waals surface area contributed by atoms with Crippen LogP contribution in [-0.4, -0.2) is 46.9 Å². The van der Waals surface area contributed by atoms with Crippen LogP contribution in [0.3, 0.4) is 0 Å². The number of aryl methyl sites for hydroxylation is 1. The third-order valence-corrected chi connectivity index (χ3v) is 6.13. The Labute approximate surface area is 188 Å². The Hall–Kier alpha value is -3.68. The fourth-order valence-electron chi connectivity index (χ4n) is 4.41. The third kappa shape index (κ3) is 3.62. The van der Waals surface area contributed by atoms with Gasteiger partial charge in [0, 0.05) is 31.7 Å². The zero-order valence-electron chi connectivity index (χ0n) is 18.6. The molecular formula is C24H25BN6O. The highest BCUT2D eigenvalue weighted by Crippen LogP contribution is 2.35. The maximum Gasteiger partial charge on any atom is 0.259 e. The largest absolute Gasteiger partial charge is 0.349 e. The summed E-state index contributed by atoms with van der Waals surface area (Å²) in [6.07, 6.45) is 7.43. The molecule has 0 spiro atoms. The van der Waals surface area contributed by atoms with E-state index in [1.54, 1.807) is 34.9 Å². The lowest BCUT2D eigenvalue weighted by Crippen LogP contribution is -2.27. The molecule has 0 radical (unpaired) electrons. The van der Waals surface area contributed by atoms with Crippen molar-refractivity contribution in [1.82, 2.24) is 19.6 Å². The summed E-state index contributed by atoms with van der Waals surface area (Å²) in [5.74, 6) is 0.763. The summed E-state index contributed by atoms with van der Waals surface area (Å²) in [5, 5.41) is 4.41. The first-order valence-corrected chi connectivity index (χ1v) is 10.9. The van der Waals surface area contributed by atoms with Crippen molar-refractivity contribution in [1.29, 1.82) is 0 Å². The minimum Gasteiger partial charge on any atom is -0.349 e. The highest BCUT2D eigenvalue weighted by atomic mass is 16.2. The Kier molecular flexibility index (Phi) is 5.13. The number of benzene rings is 1. The number of aromatic nitrogens is 4. The zero-order chi connectivity index (χ0) is 22.2. The second kappa shape index (κ2) is 8.11. The molecular weight excluding hydrogens is 399 g/mol. The van der Waals surface area contributed by atoms with Crippen LogP contribution >= 0.6 is 0 Å². The third-order valence-electron chi connectivity index (χ3n) is 6.13. The molecule has 1 amide bonds. The molecule has 7 nitrogen and oxygen atoms in total. The Morgan fingerprint density at radius 3 is 2.84 bits per heavy atom. The van der Waals surface area contributed by atoms with E-state index < -0.39 is 0 Å². The predicted molar refractivity (Wildman–Crippen MR) is 129 cm³/mol. The Morgan fingerprint density at radius 2 is 2.06 bits per heavy atom. The van der Waals surface area contributed by atoms with Crippen molar-refractivity contribution in [2.75, 3.05) is 23.4 Å². The van der Waals surface area contributed by atoms with Gasteiger partial charge in [0.2, 0.25) is 0 Å². The lowest BCUT2D eigenvalue weighted by Gasteiger charge is -2.26. The van der Waals surface area contributed by atoms with Gasteiger partial charge in [-0.25, -0.2) is 9.50 Å². The van der Waals surface area contributed by atoms with Gasteiger partial charge in [-0.05, 0) is 43.5 Å². The second-order valence-corrected chi connectivity index (χ2v) is 8.40. The molecule has 4 aromatic rings. The van der Waals surface area contributed by atoms with E-state index in [1.165, 1.54) is 11.0 Å². The summed E-state index contributed by atoms with van der Waals surface area (Å²) in [5.41, 5.74) is 5.32. The highest BCUT2D eigenvalue weighted by molar-refractivity contribution is 6.32. The van der Waals surface area contributed by atoms with Crippen molar-refractivity contribution >= 4 is 36.4 Å². The van der Waals surface area contributed by atoms with E-state index in [4.69, 9.17) is 4.98 Å². The molecule has 32 heavy (non-hydrogen) atoms. The molecule has 1 atom stereocenters. The molecule has 1 fully saturated rings. The lowest BCUT2D eigenvalue weighted by atomic mass is 9.92. The number of amides is 1. The van der Waals surface area contributed by atoms with E-state index in [2.05, 4.69) is 47.1 Å². The minimum atomic E-state index is -0.140. The molecule has 1 unspecified atom stereocenters. The van der Waals surface area contributed by atoms with Crippen LogP contribution in [0.15, 0.2) is 61.1 Å². The number of pyridine rings is 1. The normalized spacial score (nSPS) is 15.9. The van der Waals surface area contributed by atoms with Gasteiger partial charge in [0.25, 0.3) is 5.91 Å². The summed E-state index contributed by atoms with van der Waals surface area (Å²) in [7, 11) is 3.88. The molecule has 1 aliphatic heterocycles. The fourth-order valence-corrected chi connectivity index (χ4v) is 4.41. The zero-order valence-corrected chi connectivity index (χ0v) is 18.6. The average Bonchev–Trinajstić information content (AvgIpc) is 3.45. The van der Waals surface area contributed by atoms with Gasteiger partial charge in [0.15, 0.2) is 5.65 Å². The second-order valence-electron chi connectivity index (χ2n) is 8.40. The van der Waals surface area contributed by atoms with Gasteiger partial charge in [-0.3, -0.25) is 9.78 Å². The molecule has 3 aromatic heterocycles. The number of nitrogens with zero attached hydrogens (tertiary/aromatic N) is 6. The molecule has 1 saturated heterocycles. The van der Waals surface area contributed by atoms with Crippen LogP contribution in [0.2, 0.25) is 0 Å². The number of hydrogen-bond donors (Lipinski definition) is 0. The van der Waals surface area contributed by atoms with Crippen molar-refractivity contribution < 1.29 is 4.79 Å². The summed E-state index contributed by atoms with van der Waals surface area (Å²) < 4.78 is 1.72. The quantitative estimate of drug-likeness (QED) is 0.471. The Morgan fingerprint density at radius 1 is 1.19 bits per heavy atom. The van der Waals surface area contributed by atoms with Gasteiger partial charge in [-0.2, -0.15) is 5.10 Å². The van der Waals surface area contributed by atoms with Crippen molar-refractivity contribution in [3.05, 3.63) is 77.9 Å². The van der Waals surface area contributed by atoms with E-state index >= 15 is 0 Å². The highest BCUT2D eigenvalue weighted by Gasteiger charge is 2.28. The molecule has 1 aliphatic rings. The number of carbonyl (C=O) groups excluding carboxylic acids is 1. The van der Waals surface area contributed by atoms with Gasteiger partial charge < -0.3 is 9.80 Å². The molecule has 0 N–H and O–H groups in total. The van der Waals surface area contributed by atoms with Crippen LogP contribution in [0.5, 0.6) is 0 Å². The number of hydrogen-bond acceptors (Lipinski definition) is 5. The number of anilines is 2. The maximum atomic E-state index is 13.0. The number of rotatable bonds is 4. The minimum absolute atomic E-state index is 0.140. The van der Waals surface area contributed by atoms with Gasteiger partial charge in [-0.15, -0.1) is 0 Å². The average molecular weight is 424 g/mol. The number of carbonyl (C=O) groups is 1. The first kappa shape index (κ1) is 20.2. The summed E-state index contributed by atoms with van der Waals surface area (Å²) in [6.45, 7) is 2.85. The summed E-state index contributed by atoms with van der Waals surface area (Å²) in [6, 6.07) is 14.6. The molecule has 0 saturated carbocycles. The van der Waals surface area contributed by atoms with Crippen molar-refractivity contribution in [3.63, 3.8) is 0 Å². The molecule has 160 valence electrons. The van der Waals surface area contributed by atoms with E-state index in [1.807, 2.05) is 25.3 Å². The standard InChI is InChI=1S/C24H25BN6O/c1-16-8-9-18(14-26-16)24(32)29(2)21-15-27-31-12-10-22(28-23(21)31)30-11-4-7-20(30)17-5-3-6-19(25)13-17/h3,5-6,8-10,12-15,20H,4,7,11,25H2,1-2H3. The molecule has 8 heteroatoms. The van der Waals surface area contributed by atoms with Crippen molar-refractivity contribution in [3.8, 4) is 0 Å². The molecule has 0 bridgehead atoms. The van der Waals surface area contributed by atoms with Gasteiger partial charge >= 0.3 is 0 Å². The Bertz CT molecular complexity index is 1290. The van der Waals surface area contributed by atoms with Crippen LogP contribution in [0.1, 0.15) is 40.5 Å². The molecule has 5 rings (SSSR count). The first-order valence-electron chi connectivity index (χ1n) is 10.9. The lowest BCUT2D eigenvalue weighted by molar-refractivity contribution is 0.0993. The van der Waals surface area contributed by atoms with Crippen molar-refractivity contribution in [2.24, 2.45) is 0 Å². The predicted octanol–water partition coefficient (Wildman–Crippen LogP) is 2.31. The maximum absolute atomic E-state index is 13.0. The van der Waals surface area contributed by atoms with Crippen LogP contribution in [-0.2, 0) is 0 Å². The number of fused-ring (bicyclic) bond motifs is 1. The summed E-state index contributed by atoms with van der Waals surface area (Å²) >= 11 is 0. The van der Waals surface area contributed by atoms with Gasteiger partial charge in [-0.1, -0.05) is 29.7 Å². The topological polar surface area (TPSA) is 66.6 Å². The SMILES string of the molecule is Bc1cccc(C2CCCN2c2ccn3ncc(N(C)C(=O)c4ccc(C)nc4)c3n2)c1. The van der Waals surface area contributed by atoms with E-state index in [0.717, 1.165) is 30.9 Å². The van der Waals surface area contributed by atoms with Gasteiger partial charge in [0.05, 0.1) is 17.8 Å². The first-order chi connectivity index (χ1) is 15.5. The van der Waals surface area contributed by atoms with Crippen LogP contribution < -0.4 is 15.3 Å². The fraction of sp³-hybridized carbons (Fsp3) is 0.250. The van der Waals surface area contributed by atoms with Crippen LogP contribution in [0.4, 0.5) is 11.5 Å². The summed E-state index contributed by atoms with van der Waals surface area (Å²) in [4.78, 5) is 26.2. The van der Waals surface area contributed by atoms with Crippen LogP contribution in [0, 0.1) is 6.92 Å². The molecule has 1 aromatic carbocycles. The monoisotopic (exact) mass is 424 g/mol. The Balaban J connectivity index is 1.48.